The van der Waals surface area contributed by atoms with Crippen LogP contribution < -0.4 is 4.74 Å². The fourth-order valence-corrected chi connectivity index (χ4v) is 7.96. The first kappa shape index (κ1) is 26.5. The molecule has 0 spiro atoms. The van der Waals surface area contributed by atoms with Gasteiger partial charge in [0.1, 0.15) is 12.4 Å². The van der Waals surface area contributed by atoms with Gasteiger partial charge in [-0.25, -0.2) is 4.98 Å². The number of benzene rings is 7. The first-order chi connectivity index (χ1) is 24.3. The molecule has 11 rings (SSSR count). The molecule has 0 atom stereocenters. The largest absolute Gasteiger partial charge is 0.483 e. The molecule has 230 valence electrons. The zero-order chi connectivity index (χ0) is 32.1. The lowest BCUT2D eigenvalue weighted by molar-refractivity contribution is 0.280. The molecule has 4 heterocycles. The molecule has 0 N–H and O–H groups in total. The molecule has 0 bridgehead atoms. The first-order valence-corrected chi connectivity index (χ1v) is 16.7. The highest BCUT2D eigenvalue weighted by Crippen LogP contribution is 2.40. The Hall–Kier alpha value is -6.59. The molecule has 3 aromatic heterocycles. The molecule has 5 heteroatoms. The number of rotatable bonds is 3. The van der Waals surface area contributed by atoms with Crippen LogP contribution in [0.1, 0.15) is 5.82 Å². The fourth-order valence-electron chi connectivity index (χ4n) is 7.96. The molecule has 0 saturated carbocycles. The van der Waals surface area contributed by atoms with E-state index >= 15 is 0 Å². The molecule has 0 radical (unpaired) electrons. The minimum atomic E-state index is 0.441. The van der Waals surface area contributed by atoms with E-state index in [1.54, 1.807) is 0 Å². The SMILES string of the molecule is c1ccc(-n2c3ccccc3c3cc(-c4ccc5c(c4)c4ccccc4n5-c4ccc5c(c4)OCc4nc6ccccc6n4-5)ccc32)cc1. The van der Waals surface area contributed by atoms with Gasteiger partial charge in [-0.05, 0) is 83.9 Å². The predicted molar refractivity (Wildman–Crippen MR) is 200 cm³/mol. The molecule has 0 amide bonds. The summed E-state index contributed by atoms with van der Waals surface area (Å²) >= 11 is 0. The molecule has 0 unspecified atom stereocenters. The number of imidazole rings is 1. The van der Waals surface area contributed by atoms with Crippen molar-refractivity contribution >= 4 is 54.6 Å². The highest BCUT2D eigenvalue weighted by Gasteiger charge is 2.23. The summed E-state index contributed by atoms with van der Waals surface area (Å²) < 4.78 is 13.3. The molecular formula is C44H28N4O. The van der Waals surface area contributed by atoms with Crippen LogP contribution in [0.3, 0.4) is 0 Å². The maximum absolute atomic E-state index is 6.32. The van der Waals surface area contributed by atoms with E-state index < -0.39 is 0 Å². The van der Waals surface area contributed by atoms with E-state index in [1.807, 2.05) is 6.07 Å². The minimum Gasteiger partial charge on any atom is -0.483 e. The first-order valence-electron chi connectivity index (χ1n) is 16.7. The van der Waals surface area contributed by atoms with E-state index in [4.69, 9.17) is 9.72 Å². The lowest BCUT2D eigenvalue weighted by atomic mass is 10.0. The van der Waals surface area contributed by atoms with Gasteiger partial charge in [-0.1, -0.05) is 78.9 Å². The Balaban J connectivity index is 1.07. The summed E-state index contributed by atoms with van der Waals surface area (Å²) in [4.78, 5) is 4.82. The lowest BCUT2D eigenvalue weighted by Gasteiger charge is -2.21. The van der Waals surface area contributed by atoms with Crippen molar-refractivity contribution in [2.24, 2.45) is 0 Å². The maximum atomic E-state index is 6.32. The van der Waals surface area contributed by atoms with Crippen LogP contribution in [0.15, 0.2) is 158 Å². The van der Waals surface area contributed by atoms with Gasteiger partial charge in [0.2, 0.25) is 0 Å². The molecule has 0 fully saturated rings. The lowest BCUT2D eigenvalue weighted by Crippen LogP contribution is -2.13. The second-order valence-corrected chi connectivity index (χ2v) is 12.8. The van der Waals surface area contributed by atoms with Crippen LogP contribution in [0.25, 0.3) is 82.8 Å². The summed E-state index contributed by atoms with van der Waals surface area (Å²) in [6, 6.07) is 56.6. The van der Waals surface area contributed by atoms with Crippen molar-refractivity contribution in [3.05, 3.63) is 164 Å². The van der Waals surface area contributed by atoms with Crippen LogP contribution in [-0.4, -0.2) is 18.7 Å². The van der Waals surface area contributed by atoms with Crippen LogP contribution in [0.5, 0.6) is 5.75 Å². The van der Waals surface area contributed by atoms with E-state index in [0.29, 0.717) is 6.61 Å². The molecule has 10 aromatic rings. The van der Waals surface area contributed by atoms with Gasteiger partial charge in [0.15, 0.2) is 5.82 Å². The van der Waals surface area contributed by atoms with Crippen molar-refractivity contribution < 1.29 is 4.74 Å². The van der Waals surface area contributed by atoms with Crippen molar-refractivity contribution in [2.45, 2.75) is 6.61 Å². The van der Waals surface area contributed by atoms with Gasteiger partial charge in [-0.3, -0.25) is 4.57 Å². The molecule has 0 saturated heterocycles. The Labute approximate surface area is 281 Å². The summed E-state index contributed by atoms with van der Waals surface area (Å²) in [6.45, 7) is 0.441. The van der Waals surface area contributed by atoms with Gasteiger partial charge in [-0.15, -0.1) is 0 Å². The van der Waals surface area contributed by atoms with Crippen LogP contribution in [0, 0.1) is 0 Å². The standard InChI is InChI=1S/C44H28N4O/c1-2-10-30(11-3-1)46-37-15-7-4-12-32(37)34-24-28(18-21-39(34)46)29-19-22-40-35(25-29)33-13-5-8-16-38(33)47(40)31-20-23-42-43(26-31)49-27-44-45-36-14-6-9-17-41(36)48(42)44/h1-26H,27H2. The number of aromatic nitrogens is 4. The highest BCUT2D eigenvalue weighted by molar-refractivity contribution is 6.12. The third-order valence-electron chi connectivity index (χ3n) is 10.1. The Morgan fingerprint density at radius 1 is 0.429 bits per heavy atom. The number of fused-ring (bicyclic) bond motifs is 11. The minimum absolute atomic E-state index is 0.441. The van der Waals surface area contributed by atoms with Gasteiger partial charge in [0, 0.05) is 33.3 Å². The van der Waals surface area contributed by atoms with Crippen molar-refractivity contribution in [3.8, 4) is 33.9 Å². The smallest absolute Gasteiger partial charge is 0.152 e. The molecule has 1 aliphatic rings. The van der Waals surface area contributed by atoms with Crippen molar-refractivity contribution in [2.75, 3.05) is 0 Å². The van der Waals surface area contributed by atoms with Gasteiger partial charge in [0.05, 0.1) is 44.5 Å². The van der Waals surface area contributed by atoms with Crippen LogP contribution in [-0.2, 0) is 6.61 Å². The third-order valence-corrected chi connectivity index (χ3v) is 10.1. The van der Waals surface area contributed by atoms with E-state index in [1.165, 1.54) is 54.9 Å². The summed E-state index contributed by atoms with van der Waals surface area (Å²) in [5, 5.41) is 4.96. The molecule has 7 aromatic carbocycles. The topological polar surface area (TPSA) is 36.9 Å². The highest BCUT2D eigenvalue weighted by atomic mass is 16.5. The Bertz CT molecular complexity index is 2940. The van der Waals surface area contributed by atoms with E-state index in [2.05, 4.69) is 165 Å². The second-order valence-electron chi connectivity index (χ2n) is 12.8. The van der Waals surface area contributed by atoms with Crippen LogP contribution >= 0.6 is 0 Å². The average molecular weight is 629 g/mol. The average Bonchev–Trinajstić information content (AvgIpc) is 3.82. The predicted octanol–water partition coefficient (Wildman–Crippen LogP) is 10.8. The summed E-state index contributed by atoms with van der Waals surface area (Å²) in [6.07, 6.45) is 0. The third kappa shape index (κ3) is 3.78. The molecule has 5 nitrogen and oxygen atoms in total. The van der Waals surface area contributed by atoms with Crippen molar-refractivity contribution in [3.63, 3.8) is 0 Å². The number of hydrogen-bond acceptors (Lipinski definition) is 2. The second kappa shape index (κ2) is 9.96. The van der Waals surface area contributed by atoms with Gasteiger partial charge in [0.25, 0.3) is 0 Å². The van der Waals surface area contributed by atoms with E-state index in [-0.39, 0.29) is 0 Å². The zero-order valence-electron chi connectivity index (χ0n) is 26.4. The quantitative estimate of drug-likeness (QED) is 0.195. The monoisotopic (exact) mass is 628 g/mol. The zero-order valence-corrected chi connectivity index (χ0v) is 26.4. The molecule has 1 aliphatic heterocycles. The van der Waals surface area contributed by atoms with Gasteiger partial charge < -0.3 is 13.9 Å². The Morgan fingerprint density at radius 3 is 1.69 bits per heavy atom. The van der Waals surface area contributed by atoms with E-state index in [9.17, 15) is 0 Å². The van der Waals surface area contributed by atoms with Crippen molar-refractivity contribution in [1.29, 1.82) is 0 Å². The maximum Gasteiger partial charge on any atom is 0.152 e. The van der Waals surface area contributed by atoms with E-state index in [0.717, 1.165) is 39.5 Å². The van der Waals surface area contributed by atoms with Gasteiger partial charge >= 0.3 is 0 Å². The van der Waals surface area contributed by atoms with Crippen LogP contribution in [0.4, 0.5) is 0 Å². The normalized spacial score (nSPS) is 12.6. The summed E-state index contributed by atoms with van der Waals surface area (Å²) in [5.74, 6) is 1.78. The number of nitrogens with zero attached hydrogens (tertiary/aromatic N) is 4. The molecule has 0 aliphatic carbocycles. The van der Waals surface area contributed by atoms with Crippen molar-refractivity contribution in [1.82, 2.24) is 18.7 Å². The Kier molecular flexibility index (Phi) is 5.38. The summed E-state index contributed by atoms with van der Waals surface area (Å²) in [5.41, 5.74) is 12.5. The van der Waals surface area contributed by atoms with Gasteiger partial charge in [-0.2, -0.15) is 0 Å². The molecular weight excluding hydrogens is 601 g/mol. The Morgan fingerprint density at radius 2 is 1.00 bits per heavy atom. The van der Waals surface area contributed by atoms with Crippen LogP contribution in [0.2, 0.25) is 0 Å². The molecule has 49 heavy (non-hydrogen) atoms. The number of hydrogen-bond donors (Lipinski definition) is 0. The summed E-state index contributed by atoms with van der Waals surface area (Å²) in [7, 11) is 0. The fraction of sp³-hybridized carbons (Fsp3) is 0.0227. The number of ether oxygens (including phenoxy) is 1. The number of para-hydroxylation sites is 5.